The van der Waals surface area contributed by atoms with E-state index in [1.807, 2.05) is 13.8 Å². The molecule has 0 aliphatic heterocycles. The van der Waals surface area contributed by atoms with Crippen molar-refractivity contribution in [3.05, 3.63) is 53.5 Å². The maximum atomic E-state index is 11.8. The van der Waals surface area contributed by atoms with Gasteiger partial charge in [0.15, 0.2) is 5.76 Å². The van der Waals surface area contributed by atoms with Crippen LogP contribution < -0.4 is 10.1 Å². The van der Waals surface area contributed by atoms with E-state index >= 15 is 0 Å². The van der Waals surface area contributed by atoms with Gasteiger partial charge in [-0.3, -0.25) is 4.79 Å². The number of esters is 1. The highest BCUT2D eigenvalue weighted by Crippen LogP contribution is 2.16. The minimum atomic E-state index is -0.400. The highest BCUT2D eigenvalue weighted by Gasteiger charge is 2.12. The number of carbonyl (C=O) groups is 2. The van der Waals surface area contributed by atoms with E-state index in [0.29, 0.717) is 17.1 Å². The quantitative estimate of drug-likeness (QED) is 0.829. The van der Waals surface area contributed by atoms with Gasteiger partial charge in [-0.05, 0) is 50.2 Å². The third kappa shape index (κ3) is 4.60. The third-order valence-corrected chi connectivity index (χ3v) is 2.96. The fourth-order valence-electron chi connectivity index (χ4n) is 1.87. The van der Waals surface area contributed by atoms with Gasteiger partial charge in [0.2, 0.25) is 0 Å². The summed E-state index contributed by atoms with van der Waals surface area (Å²) in [5.41, 5.74) is 0.450. The van der Waals surface area contributed by atoms with Crippen molar-refractivity contribution in [2.75, 3.05) is 7.11 Å². The Morgan fingerprint density at radius 1 is 1.13 bits per heavy atom. The highest BCUT2D eigenvalue weighted by molar-refractivity contribution is 5.91. The topological polar surface area (TPSA) is 77.8 Å². The molecule has 0 aliphatic carbocycles. The van der Waals surface area contributed by atoms with Crippen LogP contribution in [0.3, 0.4) is 0 Å². The zero-order valence-electron chi connectivity index (χ0n) is 13.3. The van der Waals surface area contributed by atoms with Crippen molar-refractivity contribution in [3.63, 3.8) is 0 Å². The first-order chi connectivity index (χ1) is 11.0. The van der Waals surface area contributed by atoms with E-state index in [-0.39, 0.29) is 24.3 Å². The Kier molecular flexibility index (Phi) is 5.41. The molecule has 0 spiro atoms. The standard InChI is InChI=1S/C17H19NO5/c1-11(2)18-16(19)15-9-8-14(23-15)10-22-13-6-4-12(5-7-13)17(20)21-3/h4-9,11H,10H2,1-3H3,(H,18,19). The first kappa shape index (κ1) is 16.6. The molecule has 0 unspecified atom stereocenters. The molecule has 6 nitrogen and oxygen atoms in total. The maximum Gasteiger partial charge on any atom is 0.337 e. The third-order valence-electron chi connectivity index (χ3n) is 2.96. The molecule has 6 heteroatoms. The van der Waals surface area contributed by atoms with Crippen LogP contribution in [0.2, 0.25) is 0 Å². The van der Waals surface area contributed by atoms with Crippen molar-refractivity contribution in [2.24, 2.45) is 0 Å². The van der Waals surface area contributed by atoms with Gasteiger partial charge >= 0.3 is 5.97 Å². The van der Waals surface area contributed by atoms with Crippen molar-refractivity contribution in [2.45, 2.75) is 26.5 Å². The van der Waals surface area contributed by atoms with Crippen LogP contribution in [0, 0.1) is 0 Å². The monoisotopic (exact) mass is 317 g/mol. The van der Waals surface area contributed by atoms with Crippen LogP contribution in [0.25, 0.3) is 0 Å². The molecule has 1 aromatic carbocycles. The fraction of sp³-hybridized carbons (Fsp3) is 0.294. The second-order valence-electron chi connectivity index (χ2n) is 5.20. The van der Waals surface area contributed by atoms with Gasteiger partial charge in [0.1, 0.15) is 18.1 Å². The molecular formula is C17H19NO5. The van der Waals surface area contributed by atoms with Crippen LogP contribution in [0.4, 0.5) is 0 Å². The summed E-state index contributed by atoms with van der Waals surface area (Å²) < 4.78 is 15.6. The zero-order chi connectivity index (χ0) is 16.8. The highest BCUT2D eigenvalue weighted by atomic mass is 16.5. The van der Waals surface area contributed by atoms with E-state index in [4.69, 9.17) is 9.15 Å². The number of carbonyl (C=O) groups excluding carboxylic acids is 2. The van der Waals surface area contributed by atoms with E-state index < -0.39 is 5.97 Å². The zero-order valence-corrected chi connectivity index (χ0v) is 13.3. The number of ether oxygens (including phenoxy) is 2. The molecule has 0 fully saturated rings. The molecule has 0 atom stereocenters. The van der Waals surface area contributed by atoms with Crippen LogP contribution in [-0.4, -0.2) is 25.0 Å². The molecule has 23 heavy (non-hydrogen) atoms. The van der Waals surface area contributed by atoms with E-state index in [2.05, 4.69) is 10.1 Å². The molecule has 0 aliphatic rings. The predicted molar refractivity (Wildman–Crippen MR) is 83.4 cm³/mol. The minimum absolute atomic E-state index is 0.0422. The van der Waals surface area contributed by atoms with Crippen molar-refractivity contribution in [1.29, 1.82) is 0 Å². The number of benzene rings is 1. The molecule has 1 amide bonds. The Hall–Kier alpha value is -2.76. The van der Waals surface area contributed by atoms with Gasteiger partial charge in [-0.25, -0.2) is 4.79 Å². The summed E-state index contributed by atoms with van der Waals surface area (Å²) in [4.78, 5) is 23.1. The number of hydrogen-bond acceptors (Lipinski definition) is 5. The molecule has 1 aromatic heterocycles. The molecule has 0 bridgehead atoms. The lowest BCUT2D eigenvalue weighted by atomic mass is 10.2. The Morgan fingerprint density at radius 3 is 2.43 bits per heavy atom. The Morgan fingerprint density at radius 2 is 1.83 bits per heavy atom. The molecule has 122 valence electrons. The smallest absolute Gasteiger partial charge is 0.337 e. The average molecular weight is 317 g/mol. The van der Waals surface area contributed by atoms with Gasteiger partial charge in [-0.15, -0.1) is 0 Å². The van der Waals surface area contributed by atoms with Gasteiger partial charge in [0.25, 0.3) is 5.91 Å². The number of hydrogen-bond donors (Lipinski definition) is 1. The lowest BCUT2D eigenvalue weighted by Gasteiger charge is -2.06. The van der Waals surface area contributed by atoms with Crippen molar-refractivity contribution >= 4 is 11.9 Å². The molecule has 1 heterocycles. The summed E-state index contributed by atoms with van der Waals surface area (Å²) in [7, 11) is 1.33. The van der Waals surface area contributed by atoms with Gasteiger partial charge in [0.05, 0.1) is 12.7 Å². The second-order valence-corrected chi connectivity index (χ2v) is 5.20. The van der Waals surface area contributed by atoms with Crippen LogP contribution in [0.15, 0.2) is 40.8 Å². The van der Waals surface area contributed by atoms with Crippen LogP contribution in [0.1, 0.15) is 40.5 Å². The number of rotatable bonds is 6. The first-order valence-corrected chi connectivity index (χ1v) is 7.20. The summed E-state index contributed by atoms with van der Waals surface area (Å²) in [5.74, 6) is 0.716. The van der Waals surface area contributed by atoms with Crippen LogP contribution in [-0.2, 0) is 11.3 Å². The minimum Gasteiger partial charge on any atom is -0.486 e. The molecule has 1 N–H and O–H groups in total. The van der Waals surface area contributed by atoms with E-state index in [9.17, 15) is 9.59 Å². The number of nitrogens with one attached hydrogen (secondary N) is 1. The summed E-state index contributed by atoms with van der Waals surface area (Å²) in [6.45, 7) is 3.94. The Labute approximate surface area is 134 Å². The van der Waals surface area contributed by atoms with Gasteiger partial charge in [0, 0.05) is 6.04 Å². The maximum absolute atomic E-state index is 11.8. The van der Waals surface area contributed by atoms with Crippen molar-refractivity contribution < 1.29 is 23.5 Å². The largest absolute Gasteiger partial charge is 0.486 e. The SMILES string of the molecule is COC(=O)c1ccc(OCc2ccc(C(=O)NC(C)C)o2)cc1. The van der Waals surface area contributed by atoms with Crippen molar-refractivity contribution in [1.82, 2.24) is 5.32 Å². The van der Waals surface area contributed by atoms with E-state index in [1.54, 1.807) is 36.4 Å². The lowest BCUT2D eigenvalue weighted by Crippen LogP contribution is -2.29. The van der Waals surface area contributed by atoms with Crippen LogP contribution >= 0.6 is 0 Å². The van der Waals surface area contributed by atoms with Gasteiger partial charge in [-0.1, -0.05) is 0 Å². The number of furan rings is 1. The molecular weight excluding hydrogens is 298 g/mol. The summed E-state index contributed by atoms with van der Waals surface area (Å²) in [5, 5.41) is 2.75. The predicted octanol–water partition coefficient (Wildman–Crippen LogP) is 2.78. The average Bonchev–Trinajstić information content (AvgIpc) is 3.01. The van der Waals surface area contributed by atoms with E-state index in [1.165, 1.54) is 7.11 Å². The molecule has 0 saturated heterocycles. The fourth-order valence-corrected chi connectivity index (χ4v) is 1.87. The van der Waals surface area contributed by atoms with Crippen molar-refractivity contribution in [3.8, 4) is 5.75 Å². The van der Waals surface area contributed by atoms with Gasteiger partial charge < -0.3 is 19.2 Å². The van der Waals surface area contributed by atoms with E-state index in [0.717, 1.165) is 0 Å². The number of methoxy groups -OCH3 is 1. The summed E-state index contributed by atoms with van der Waals surface area (Å²) in [6.07, 6.45) is 0. The molecule has 0 radical (unpaired) electrons. The second kappa shape index (κ2) is 7.49. The molecule has 2 aromatic rings. The normalized spacial score (nSPS) is 10.4. The van der Waals surface area contributed by atoms with Gasteiger partial charge in [-0.2, -0.15) is 0 Å². The molecule has 0 saturated carbocycles. The Balaban J connectivity index is 1.92. The number of amides is 1. The summed E-state index contributed by atoms with van der Waals surface area (Å²) >= 11 is 0. The first-order valence-electron chi connectivity index (χ1n) is 7.20. The molecule has 2 rings (SSSR count). The van der Waals surface area contributed by atoms with Crippen LogP contribution in [0.5, 0.6) is 5.75 Å². The Bertz CT molecular complexity index is 673. The lowest BCUT2D eigenvalue weighted by molar-refractivity contribution is 0.0600. The summed E-state index contributed by atoms with van der Waals surface area (Å²) in [6, 6.07) is 9.91.